The highest BCUT2D eigenvalue weighted by Gasteiger charge is 2.45. The van der Waals surface area contributed by atoms with E-state index in [4.69, 9.17) is 4.74 Å². The number of hydrogen-bond acceptors (Lipinski definition) is 4. The summed E-state index contributed by atoms with van der Waals surface area (Å²) in [6, 6.07) is 11.5. The number of rotatable bonds is 7. The summed E-state index contributed by atoms with van der Waals surface area (Å²) < 4.78 is 58.9. The van der Waals surface area contributed by atoms with E-state index in [0.29, 0.717) is 25.3 Å². The van der Waals surface area contributed by atoms with Gasteiger partial charge >= 0.3 is 6.18 Å². The van der Waals surface area contributed by atoms with Crippen molar-refractivity contribution in [1.29, 1.82) is 0 Å². The second-order valence-corrected chi connectivity index (χ2v) is 9.72. The smallest absolute Gasteiger partial charge is 0.401 e. The number of nitrogens with zero attached hydrogens (tertiary/aromatic N) is 2. The molecule has 1 fully saturated rings. The van der Waals surface area contributed by atoms with Crippen LogP contribution in [0.1, 0.15) is 36.6 Å². The van der Waals surface area contributed by atoms with Crippen LogP contribution in [0.2, 0.25) is 0 Å². The molecule has 0 amide bonds. The Balaban J connectivity index is 1.54. The summed E-state index contributed by atoms with van der Waals surface area (Å²) in [4.78, 5) is 3.62. The first-order valence-electron chi connectivity index (χ1n) is 11.2. The summed E-state index contributed by atoms with van der Waals surface area (Å²) in [5, 5.41) is 9.94. The van der Waals surface area contributed by atoms with Crippen LogP contribution in [0.25, 0.3) is 0 Å². The van der Waals surface area contributed by atoms with Gasteiger partial charge in [-0.25, -0.2) is 0 Å². The Morgan fingerprint density at radius 2 is 1.79 bits per heavy atom. The van der Waals surface area contributed by atoms with Gasteiger partial charge in [-0.1, -0.05) is 18.2 Å². The van der Waals surface area contributed by atoms with Crippen molar-refractivity contribution in [1.82, 2.24) is 9.80 Å². The normalized spacial score (nSPS) is 21.5. The molecule has 1 unspecified atom stereocenters. The lowest BCUT2D eigenvalue weighted by Crippen LogP contribution is -2.54. The molecule has 4 nitrogen and oxygen atoms in total. The molecule has 33 heavy (non-hydrogen) atoms. The Labute approximate surface area is 191 Å². The maximum Gasteiger partial charge on any atom is 0.401 e. The van der Waals surface area contributed by atoms with Crippen LogP contribution in [0.3, 0.4) is 0 Å². The van der Waals surface area contributed by atoms with Crippen molar-refractivity contribution in [3.8, 4) is 11.5 Å². The fourth-order valence-electron chi connectivity index (χ4n) is 4.95. The van der Waals surface area contributed by atoms with Gasteiger partial charge in [0.2, 0.25) is 0 Å². The lowest BCUT2D eigenvalue weighted by molar-refractivity contribution is -0.164. The van der Waals surface area contributed by atoms with Crippen LogP contribution in [-0.2, 0) is 6.42 Å². The van der Waals surface area contributed by atoms with Crippen molar-refractivity contribution >= 4 is 0 Å². The topological polar surface area (TPSA) is 35.9 Å². The molecule has 0 spiro atoms. The van der Waals surface area contributed by atoms with Gasteiger partial charge in [0.25, 0.3) is 0 Å². The van der Waals surface area contributed by atoms with E-state index in [1.54, 1.807) is 38.1 Å². The third-order valence-corrected chi connectivity index (χ3v) is 6.61. The largest absolute Gasteiger partial charge is 0.508 e. The minimum Gasteiger partial charge on any atom is -0.508 e. The summed E-state index contributed by atoms with van der Waals surface area (Å²) in [6.45, 7) is 4.98. The van der Waals surface area contributed by atoms with E-state index in [2.05, 4.69) is 4.90 Å². The lowest BCUT2D eigenvalue weighted by atomic mass is 9.79. The lowest BCUT2D eigenvalue weighted by Gasteiger charge is -2.49. The zero-order valence-electron chi connectivity index (χ0n) is 18.9. The Morgan fingerprint density at radius 1 is 1.09 bits per heavy atom. The first-order chi connectivity index (χ1) is 15.6. The van der Waals surface area contributed by atoms with E-state index >= 15 is 0 Å². The van der Waals surface area contributed by atoms with Gasteiger partial charge in [-0.15, -0.1) is 0 Å². The van der Waals surface area contributed by atoms with Crippen LogP contribution < -0.4 is 4.74 Å². The maximum atomic E-state index is 13.5. The molecule has 0 bridgehead atoms. The fourth-order valence-corrected chi connectivity index (χ4v) is 4.95. The molecular formula is C25H30F4N2O2. The monoisotopic (exact) mass is 466 g/mol. The van der Waals surface area contributed by atoms with Crippen molar-refractivity contribution < 1.29 is 27.4 Å². The predicted molar refractivity (Wildman–Crippen MR) is 118 cm³/mol. The zero-order chi connectivity index (χ0) is 23.8. The van der Waals surface area contributed by atoms with Crippen LogP contribution >= 0.6 is 0 Å². The van der Waals surface area contributed by atoms with Gasteiger partial charge in [-0.3, -0.25) is 14.2 Å². The second-order valence-electron chi connectivity index (χ2n) is 9.72. The molecule has 2 aliphatic heterocycles. The number of fused-ring (bicyclic) bond motifs is 1. The molecule has 0 radical (unpaired) electrons. The number of alkyl halides is 4. The van der Waals surface area contributed by atoms with Gasteiger partial charge < -0.3 is 9.84 Å². The number of benzene rings is 2. The molecule has 2 aromatic rings. The number of likely N-dealkylation sites (tertiary alicyclic amines) is 1. The van der Waals surface area contributed by atoms with E-state index in [1.807, 2.05) is 12.1 Å². The number of ether oxygens (including phenoxy) is 1. The quantitative estimate of drug-likeness (QED) is 0.585. The van der Waals surface area contributed by atoms with Crippen LogP contribution in [0.5, 0.6) is 11.5 Å². The summed E-state index contributed by atoms with van der Waals surface area (Å²) >= 11 is 0. The van der Waals surface area contributed by atoms with Crippen LogP contribution in [0.4, 0.5) is 17.6 Å². The molecule has 4 rings (SSSR count). The Bertz CT molecular complexity index is 956. The van der Waals surface area contributed by atoms with E-state index in [-0.39, 0.29) is 18.3 Å². The number of aromatic hydroxyl groups is 1. The molecule has 2 aromatic carbocycles. The molecule has 1 N–H and O–H groups in total. The molecule has 8 heteroatoms. The average molecular weight is 467 g/mol. The van der Waals surface area contributed by atoms with Gasteiger partial charge in [0.05, 0.1) is 19.3 Å². The number of hydrogen-bond donors (Lipinski definition) is 1. The van der Waals surface area contributed by atoms with Crippen molar-refractivity contribution in [3.63, 3.8) is 0 Å². The van der Waals surface area contributed by atoms with Gasteiger partial charge in [-0.2, -0.15) is 13.2 Å². The third-order valence-electron chi connectivity index (χ3n) is 6.61. The van der Waals surface area contributed by atoms with Crippen molar-refractivity contribution in [3.05, 3.63) is 59.2 Å². The second kappa shape index (κ2) is 9.14. The molecule has 0 saturated carbocycles. The third kappa shape index (κ3) is 5.44. The van der Waals surface area contributed by atoms with Crippen molar-refractivity contribution in [2.75, 3.05) is 39.5 Å². The molecule has 2 heterocycles. The Hall–Kier alpha value is -2.32. The van der Waals surface area contributed by atoms with Crippen molar-refractivity contribution in [2.45, 2.75) is 38.0 Å². The van der Waals surface area contributed by atoms with Gasteiger partial charge in [0, 0.05) is 31.1 Å². The molecular weight excluding hydrogens is 436 g/mol. The summed E-state index contributed by atoms with van der Waals surface area (Å²) in [7, 11) is 0. The number of phenols is 1. The highest BCUT2D eigenvalue weighted by Crippen LogP contribution is 2.44. The molecule has 2 aliphatic rings. The first kappa shape index (κ1) is 23.8. The zero-order valence-corrected chi connectivity index (χ0v) is 18.9. The highest BCUT2D eigenvalue weighted by atomic mass is 19.4. The number of halogens is 4. The van der Waals surface area contributed by atoms with E-state index < -0.39 is 24.3 Å². The summed E-state index contributed by atoms with van der Waals surface area (Å²) in [6.07, 6.45) is -3.94. The highest BCUT2D eigenvalue weighted by molar-refractivity contribution is 5.45. The standard InChI is InChI=1S/C25H30F4N2O2/c1-24(2)12-19-11-20(32)5-8-22(19)23(31(24)16-25(27,28)29)18-3-6-21(7-4-18)33-10-9-30-14-17(13-26)15-30/h3-8,11,17,23,32H,9-10,12-16H2,1-2H3. The van der Waals surface area contributed by atoms with Crippen molar-refractivity contribution in [2.24, 2.45) is 5.92 Å². The number of phenolic OH excluding ortho intramolecular Hbond substituents is 1. The van der Waals surface area contributed by atoms with Crippen LogP contribution in [0, 0.1) is 5.92 Å². The summed E-state index contributed by atoms with van der Waals surface area (Å²) in [5.41, 5.74) is 1.60. The van der Waals surface area contributed by atoms with E-state index in [0.717, 1.165) is 29.8 Å². The van der Waals surface area contributed by atoms with E-state index in [9.17, 15) is 22.7 Å². The molecule has 1 atom stereocenters. The molecule has 1 saturated heterocycles. The average Bonchev–Trinajstić information content (AvgIpc) is 2.70. The Kier molecular flexibility index (Phi) is 6.60. The minimum absolute atomic E-state index is 0.108. The fraction of sp³-hybridized carbons (Fsp3) is 0.520. The molecule has 0 aromatic heterocycles. The Morgan fingerprint density at radius 3 is 2.42 bits per heavy atom. The molecule has 0 aliphatic carbocycles. The minimum atomic E-state index is -4.34. The van der Waals surface area contributed by atoms with Gasteiger partial charge in [-0.05, 0) is 61.2 Å². The van der Waals surface area contributed by atoms with Gasteiger partial charge in [0.15, 0.2) is 0 Å². The summed E-state index contributed by atoms with van der Waals surface area (Å²) in [5.74, 6) is 0.884. The van der Waals surface area contributed by atoms with Gasteiger partial charge in [0.1, 0.15) is 18.1 Å². The SMILES string of the molecule is CC1(C)Cc2cc(O)ccc2C(c2ccc(OCCN3CC(CF)C3)cc2)N1CC(F)(F)F. The van der Waals surface area contributed by atoms with Crippen LogP contribution in [-0.4, -0.2) is 66.1 Å². The van der Waals surface area contributed by atoms with Crippen LogP contribution in [0.15, 0.2) is 42.5 Å². The van der Waals surface area contributed by atoms with E-state index in [1.165, 1.54) is 11.0 Å². The first-order valence-corrected chi connectivity index (χ1v) is 11.2. The molecule has 180 valence electrons. The predicted octanol–water partition coefficient (Wildman–Crippen LogP) is 4.96. The maximum absolute atomic E-state index is 13.5.